The fraction of sp³-hybridized carbons (Fsp3) is 0.632. The van der Waals surface area contributed by atoms with E-state index in [4.69, 9.17) is 9.47 Å². The van der Waals surface area contributed by atoms with Gasteiger partial charge in [-0.05, 0) is 50.5 Å². The van der Waals surface area contributed by atoms with Crippen LogP contribution >= 0.6 is 0 Å². The molecule has 2 atom stereocenters. The molecule has 22 heavy (non-hydrogen) atoms. The van der Waals surface area contributed by atoms with Gasteiger partial charge in [0.2, 0.25) is 0 Å². The average Bonchev–Trinajstić information content (AvgIpc) is 3.00. The number of benzene rings is 1. The lowest BCUT2D eigenvalue weighted by molar-refractivity contribution is -0.155. The maximum absolute atomic E-state index is 12.9. The second-order valence-electron chi connectivity index (χ2n) is 6.99. The number of epoxide rings is 1. The fourth-order valence-electron chi connectivity index (χ4n) is 4.41. The molecular weight excluding hydrogens is 276 g/mol. The van der Waals surface area contributed by atoms with Gasteiger partial charge in [0.1, 0.15) is 11.7 Å². The predicted molar refractivity (Wildman–Crippen MR) is 83.4 cm³/mol. The van der Waals surface area contributed by atoms with Gasteiger partial charge in [-0.15, -0.1) is 0 Å². The number of rotatable bonds is 3. The van der Waals surface area contributed by atoms with Gasteiger partial charge in [-0.25, -0.2) is 4.79 Å². The van der Waals surface area contributed by atoms with Crippen molar-refractivity contribution in [2.75, 3.05) is 0 Å². The number of carbonyl (C=O) groups excluding carboxylic acids is 1. The van der Waals surface area contributed by atoms with Gasteiger partial charge in [0.05, 0.1) is 0 Å². The Hall–Kier alpha value is -1.35. The lowest BCUT2D eigenvalue weighted by atomic mass is 9.82. The summed E-state index contributed by atoms with van der Waals surface area (Å²) in [5, 5.41) is 0. The molecule has 0 radical (unpaired) electrons. The van der Waals surface area contributed by atoms with Crippen molar-refractivity contribution in [3.63, 3.8) is 0 Å². The van der Waals surface area contributed by atoms with E-state index in [0.29, 0.717) is 0 Å². The van der Waals surface area contributed by atoms with Crippen LogP contribution < -0.4 is 0 Å². The van der Waals surface area contributed by atoms with Crippen LogP contribution in [0.5, 0.6) is 0 Å². The first-order chi connectivity index (χ1) is 10.8. The Balaban J connectivity index is 1.61. The van der Waals surface area contributed by atoms with E-state index < -0.39 is 11.2 Å². The zero-order valence-corrected chi connectivity index (χ0v) is 13.1. The molecule has 2 saturated carbocycles. The SMILES string of the molecule is O=C(OC1CCCC1)C12CCCCCC1(c1ccccc1)O2. The predicted octanol–water partition coefficient (Wildman–Crippen LogP) is 4.10. The first-order valence-corrected chi connectivity index (χ1v) is 8.74. The topological polar surface area (TPSA) is 38.8 Å². The van der Waals surface area contributed by atoms with E-state index in [1.165, 1.54) is 19.3 Å². The monoisotopic (exact) mass is 300 g/mol. The molecule has 0 amide bonds. The number of ether oxygens (including phenoxy) is 2. The summed E-state index contributed by atoms with van der Waals surface area (Å²) >= 11 is 0. The maximum Gasteiger partial charge on any atom is 0.342 e. The molecule has 4 rings (SSSR count). The molecule has 2 aliphatic carbocycles. The third-order valence-corrected chi connectivity index (χ3v) is 5.66. The van der Waals surface area contributed by atoms with Gasteiger partial charge in [0.25, 0.3) is 0 Å². The first-order valence-electron chi connectivity index (χ1n) is 8.74. The molecule has 2 unspecified atom stereocenters. The second-order valence-corrected chi connectivity index (χ2v) is 6.99. The molecule has 1 saturated heterocycles. The van der Waals surface area contributed by atoms with Crippen molar-refractivity contribution in [2.45, 2.75) is 75.1 Å². The number of hydrogen-bond donors (Lipinski definition) is 0. The molecule has 0 bridgehead atoms. The van der Waals surface area contributed by atoms with E-state index >= 15 is 0 Å². The van der Waals surface area contributed by atoms with E-state index in [1.54, 1.807) is 0 Å². The normalized spacial score (nSPS) is 34.7. The van der Waals surface area contributed by atoms with Crippen LogP contribution in [0, 0.1) is 0 Å². The molecule has 1 aromatic carbocycles. The van der Waals surface area contributed by atoms with E-state index in [-0.39, 0.29) is 12.1 Å². The summed E-state index contributed by atoms with van der Waals surface area (Å²) in [4.78, 5) is 12.9. The summed E-state index contributed by atoms with van der Waals surface area (Å²) in [6.45, 7) is 0. The van der Waals surface area contributed by atoms with Crippen molar-refractivity contribution in [1.82, 2.24) is 0 Å². The third kappa shape index (κ3) is 2.10. The highest BCUT2D eigenvalue weighted by Crippen LogP contribution is 2.63. The Kier molecular flexibility index (Phi) is 3.48. The number of fused-ring (bicyclic) bond motifs is 1. The van der Waals surface area contributed by atoms with Gasteiger partial charge in [-0.3, -0.25) is 0 Å². The van der Waals surface area contributed by atoms with Crippen LogP contribution in [0.25, 0.3) is 0 Å². The van der Waals surface area contributed by atoms with Crippen molar-refractivity contribution < 1.29 is 14.3 Å². The fourth-order valence-corrected chi connectivity index (χ4v) is 4.41. The molecule has 118 valence electrons. The minimum Gasteiger partial charge on any atom is -0.460 e. The Morgan fingerprint density at radius 3 is 2.50 bits per heavy atom. The lowest BCUT2D eigenvalue weighted by Gasteiger charge is -2.19. The van der Waals surface area contributed by atoms with Crippen LogP contribution in [0.3, 0.4) is 0 Å². The molecule has 0 N–H and O–H groups in total. The molecule has 3 fully saturated rings. The zero-order valence-electron chi connectivity index (χ0n) is 13.1. The molecule has 1 aromatic rings. The summed E-state index contributed by atoms with van der Waals surface area (Å²) in [6.07, 6.45) is 9.57. The smallest absolute Gasteiger partial charge is 0.342 e. The van der Waals surface area contributed by atoms with Crippen LogP contribution in [0.2, 0.25) is 0 Å². The van der Waals surface area contributed by atoms with E-state index in [1.807, 2.05) is 18.2 Å². The van der Waals surface area contributed by atoms with Crippen LogP contribution in [-0.4, -0.2) is 17.7 Å². The molecule has 3 aliphatic rings. The van der Waals surface area contributed by atoms with Crippen molar-refractivity contribution in [3.8, 4) is 0 Å². The van der Waals surface area contributed by atoms with Gasteiger partial charge in [-0.1, -0.05) is 43.2 Å². The Morgan fingerprint density at radius 2 is 1.73 bits per heavy atom. The van der Waals surface area contributed by atoms with Crippen LogP contribution in [0.15, 0.2) is 30.3 Å². The summed E-state index contributed by atoms with van der Waals surface area (Å²) in [5.41, 5.74) is -0.00581. The second kappa shape index (κ2) is 5.38. The van der Waals surface area contributed by atoms with Crippen molar-refractivity contribution in [2.24, 2.45) is 0 Å². The average molecular weight is 300 g/mol. The number of carbonyl (C=O) groups is 1. The number of esters is 1. The van der Waals surface area contributed by atoms with Gasteiger partial charge in [0, 0.05) is 0 Å². The van der Waals surface area contributed by atoms with Gasteiger partial charge in [0.15, 0.2) is 5.60 Å². The molecular formula is C19H24O3. The van der Waals surface area contributed by atoms with E-state index in [0.717, 1.165) is 44.1 Å². The highest BCUT2D eigenvalue weighted by molar-refractivity contribution is 5.85. The molecule has 1 aliphatic heterocycles. The van der Waals surface area contributed by atoms with Crippen molar-refractivity contribution in [3.05, 3.63) is 35.9 Å². The largest absolute Gasteiger partial charge is 0.460 e. The van der Waals surface area contributed by atoms with Gasteiger partial charge in [-0.2, -0.15) is 0 Å². The Bertz CT molecular complexity index is 549. The third-order valence-electron chi connectivity index (χ3n) is 5.66. The van der Waals surface area contributed by atoms with Crippen molar-refractivity contribution >= 4 is 5.97 Å². The van der Waals surface area contributed by atoms with Crippen molar-refractivity contribution in [1.29, 1.82) is 0 Å². The van der Waals surface area contributed by atoms with E-state index in [9.17, 15) is 4.79 Å². The summed E-state index contributed by atoms with van der Waals surface area (Å²) in [7, 11) is 0. The van der Waals surface area contributed by atoms with E-state index in [2.05, 4.69) is 12.1 Å². The maximum atomic E-state index is 12.9. The van der Waals surface area contributed by atoms with Crippen LogP contribution in [-0.2, 0) is 19.9 Å². The van der Waals surface area contributed by atoms with Crippen LogP contribution in [0.4, 0.5) is 0 Å². The highest BCUT2D eigenvalue weighted by Gasteiger charge is 2.75. The summed E-state index contributed by atoms with van der Waals surface area (Å²) in [6, 6.07) is 10.3. The molecule has 1 heterocycles. The lowest BCUT2D eigenvalue weighted by Crippen LogP contribution is -2.36. The molecule has 3 nitrogen and oxygen atoms in total. The first kappa shape index (κ1) is 14.3. The molecule has 0 aromatic heterocycles. The quantitative estimate of drug-likeness (QED) is 0.623. The Morgan fingerprint density at radius 1 is 1.00 bits per heavy atom. The molecule has 0 spiro atoms. The van der Waals surface area contributed by atoms with Crippen LogP contribution in [0.1, 0.15) is 63.4 Å². The highest BCUT2D eigenvalue weighted by atomic mass is 16.7. The minimum absolute atomic E-state index is 0.106. The standard InChI is InChI=1S/C19H24O3/c20-17(21-16-11-5-6-12-16)19-14-8-2-7-13-18(19,22-19)15-9-3-1-4-10-15/h1,3-4,9-10,16H,2,5-8,11-14H2. The minimum atomic E-state index is -0.715. The molecule has 3 heteroatoms. The number of hydrogen-bond acceptors (Lipinski definition) is 3. The Labute approximate surface area is 132 Å². The van der Waals surface area contributed by atoms with Gasteiger partial charge < -0.3 is 9.47 Å². The summed E-state index contributed by atoms with van der Waals surface area (Å²) in [5.74, 6) is -0.106. The zero-order chi connectivity index (χ0) is 15.0. The van der Waals surface area contributed by atoms with Gasteiger partial charge >= 0.3 is 5.97 Å². The summed E-state index contributed by atoms with van der Waals surface area (Å²) < 4.78 is 12.1.